The van der Waals surface area contributed by atoms with Crippen LogP contribution in [0.2, 0.25) is 0 Å². The van der Waals surface area contributed by atoms with E-state index in [-0.39, 0.29) is 18.7 Å². The van der Waals surface area contributed by atoms with E-state index in [4.69, 9.17) is 18.9 Å². The van der Waals surface area contributed by atoms with Crippen LogP contribution in [-0.4, -0.2) is 41.5 Å². The van der Waals surface area contributed by atoms with Crippen LogP contribution in [0.5, 0.6) is 23.0 Å². The lowest BCUT2D eigenvalue weighted by Crippen LogP contribution is -2.29. The van der Waals surface area contributed by atoms with Crippen molar-refractivity contribution in [3.63, 3.8) is 0 Å². The Labute approximate surface area is 214 Å². The number of carbonyl (C=O) groups excluding carboxylic acids is 1. The number of amides is 1. The van der Waals surface area contributed by atoms with Crippen LogP contribution in [0.4, 0.5) is 0 Å². The number of H-pyrrole nitrogens is 1. The Bertz CT molecular complexity index is 1480. The largest absolute Gasteiger partial charge is 0.493 e. The summed E-state index contributed by atoms with van der Waals surface area (Å²) in [4.78, 5) is 15.6. The number of aromatic amines is 1. The maximum atomic E-state index is 13.8. The van der Waals surface area contributed by atoms with Gasteiger partial charge in [-0.25, -0.2) is 0 Å². The van der Waals surface area contributed by atoms with Crippen molar-refractivity contribution in [3.05, 3.63) is 88.6 Å². The third-order valence-electron chi connectivity index (χ3n) is 6.78. The van der Waals surface area contributed by atoms with Gasteiger partial charge in [-0.1, -0.05) is 42.0 Å². The molecule has 0 radical (unpaired) electrons. The minimum Gasteiger partial charge on any atom is -0.493 e. The molecule has 6 rings (SSSR count). The summed E-state index contributed by atoms with van der Waals surface area (Å²) in [6.07, 6.45) is 0. The molecule has 0 saturated carbocycles. The highest BCUT2D eigenvalue weighted by Crippen LogP contribution is 2.45. The van der Waals surface area contributed by atoms with E-state index in [1.165, 1.54) is 0 Å². The van der Waals surface area contributed by atoms with Gasteiger partial charge < -0.3 is 23.8 Å². The predicted molar refractivity (Wildman–Crippen MR) is 137 cm³/mol. The quantitative estimate of drug-likeness (QED) is 0.375. The van der Waals surface area contributed by atoms with Crippen LogP contribution in [0, 0.1) is 6.92 Å². The summed E-state index contributed by atoms with van der Waals surface area (Å²) in [5, 5.41) is 7.60. The zero-order valence-electron chi connectivity index (χ0n) is 20.9. The number of nitrogens with zero attached hydrogens (tertiary/aromatic N) is 2. The molecular formula is C29H27N3O5. The van der Waals surface area contributed by atoms with Crippen LogP contribution >= 0.6 is 0 Å². The molecule has 0 aliphatic carbocycles. The van der Waals surface area contributed by atoms with E-state index >= 15 is 0 Å². The number of hydrogen-bond donors (Lipinski definition) is 1. The first kappa shape index (κ1) is 23.0. The SMILES string of the molecule is CCOc1ccc(C2c3c(-c4ccc(C)cc4)n[nH]c3C(=O)N2Cc2ccc3c(c2)OCO3)cc1OC. The van der Waals surface area contributed by atoms with Crippen LogP contribution in [0.1, 0.15) is 45.7 Å². The molecule has 1 atom stereocenters. The van der Waals surface area contributed by atoms with E-state index in [0.717, 1.165) is 33.5 Å². The lowest BCUT2D eigenvalue weighted by Gasteiger charge is -2.27. The molecule has 4 aromatic rings. The van der Waals surface area contributed by atoms with Crippen molar-refractivity contribution in [2.45, 2.75) is 26.4 Å². The first-order chi connectivity index (χ1) is 18.1. The molecule has 3 aromatic carbocycles. The van der Waals surface area contributed by atoms with Gasteiger partial charge >= 0.3 is 0 Å². The summed E-state index contributed by atoms with van der Waals surface area (Å²) >= 11 is 0. The van der Waals surface area contributed by atoms with E-state index in [1.54, 1.807) is 7.11 Å². The van der Waals surface area contributed by atoms with Crippen molar-refractivity contribution in [2.24, 2.45) is 0 Å². The Morgan fingerprint density at radius 1 is 1.03 bits per heavy atom. The van der Waals surface area contributed by atoms with Gasteiger partial charge in [0.15, 0.2) is 23.0 Å². The molecule has 3 heterocycles. The van der Waals surface area contributed by atoms with Crippen molar-refractivity contribution in [2.75, 3.05) is 20.5 Å². The summed E-state index contributed by atoms with van der Waals surface area (Å²) in [6.45, 7) is 5.08. The molecular weight excluding hydrogens is 470 g/mol. The molecule has 188 valence electrons. The number of carbonyl (C=O) groups is 1. The zero-order chi connectivity index (χ0) is 25.5. The first-order valence-electron chi connectivity index (χ1n) is 12.2. The second-order valence-corrected chi connectivity index (χ2v) is 9.09. The normalized spacial score (nSPS) is 15.7. The zero-order valence-corrected chi connectivity index (χ0v) is 20.9. The van der Waals surface area contributed by atoms with E-state index in [9.17, 15) is 4.79 Å². The van der Waals surface area contributed by atoms with Crippen molar-refractivity contribution in [1.82, 2.24) is 15.1 Å². The summed E-state index contributed by atoms with van der Waals surface area (Å²) in [6, 6.07) is 19.4. The summed E-state index contributed by atoms with van der Waals surface area (Å²) in [5.74, 6) is 2.55. The monoisotopic (exact) mass is 497 g/mol. The van der Waals surface area contributed by atoms with Gasteiger partial charge in [-0.05, 0) is 49.2 Å². The number of fused-ring (bicyclic) bond motifs is 2. The number of methoxy groups -OCH3 is 1. The number of nitrogens with one attached hydrogen (secondary N) is 1. The van der Waals surface area contributed by atoms with Crippen LogP contribution in [-0.2, 0) is 6.54 Å². The molecule has 0 saturated heterocycles. The van der Waals surface area contributed by atoms with Crippen LogP contribution < -0.4 is 18.9 Å². The molecule has 0 spiro atoms. The summed E-state index contributed by atoms with van der Waals surface area (Å²) in [5.41, 5.74) is 6.05. The number of ether oxygens (including phenoxy) is 4. The topological polar surface area (TPSA) is 85.9 Å². The van der Waals surface area contributed by atoms with Gasteiger partial charge in [0.25, 0.3) is 5.91 Å². The van der Waals surface area contributed by atoms with Crippen LogP contribution in [0.25, 0.3) is 11.3 Å². The van der Waals surface area contributed by atoms with E-state index in [1.807, 2.05) is 79.4 Å². The molecule has 0 bridgehead atoms. The van der Waals surface area contributed by atoms with E-state index in [0.29, 0.717) is 41.8 Å². The predicted octanol–water partition coefficient (Wildman–Crippen LogP) is 5.27. The van der Waals surface area contributed by atoms with Gasteiger partial charge in [0.05, 0.1) is 25.5 Å². The van der Waals surface area contributed by atoms with Gasteiger partial charge in [-0.15, -0.1) is 0 Å². The number of benzene rings is 3. The second kappa shape index (κ2) is 9.20. The fourth-order valence-electron chi connectivity index (χ4n) is 5.00. The summed E-state index contributed by atoms with van der Waals surface area (Å²) in [7, 11) is 1.62. The Morgan fingerprint density at radius 3 is 2.62 bits per heavy atom. The highest BCUT2D eigenvalue weighted by Gasteiger charge is 2.42. The van der Waals surface area contributed by atoms with Crippen LogP contribution in [0.15, 0.2) is 60.7 Å². The standard InChI is InChI=1S/C29H27N3O5/c1-4-35-21-12-10-20(14-23(21)34-3)28-25-26(19-8-5-17(2)6-9-19)30-31-27(25)29(33)32(28)15-18-7-11-22-24(13-18)37-16-36-22/h5-14,28H,4,15-16H2,1-3H3,(H,30,31). The van der Waals surface area contributed by atoms with E-state index < -0.39 is 0 Å². The van der Waals surface area contributed by atoms with Crippen LogP contribution in [0.3, 0.4) is 0 Å². The minimum atomic E-state index is -0.382. The fraction of sp³-hybridized carbons (Fsp3) is 0.241. The highest BCUT2D eigenvalue weighted by atomic mass is 16.7. The lowest BCUT2D eigenvalue weighted by atomic mass is 9.95. The van der Waals surface area contributed by atoms with Crippen molar-refractivity contribution >= 4 is 5.91 Å². The molecule has 1 aromatic heterocycles. The Hall–Kier alpha value is -4.46. The van der Waals surface area contributed by atoms with Crippen molar-refractivity contribution in [1.29, 1.82) is 0 Å². The maximum Gasteiger partial charge on any atom is 0.273 e. The van der Waals surface area contributed by atoms with Crippen molar-refractivity contribution in [3.8, 4) is 34.3 Å². The Kier molecular flexibility index (Phi) is 5.71. The van der Waals surface area contributed by atoms with Gasteiger partial charge in [0.1, 0.15) is 5.69 Å². The first-order valence-corrected chi connectivity index (χ1v) is 12.2. The summed E-state index contributed by atoms with van der Waals surface area (Å²) < 4.78 is 22.4. The molecule has 37 heavy (non-hydrogen) atoms. The maximum absolute atomic E-state index is 13.8. The third-order valence-corrected chi connectivity index (χ3v) is 6.78. The molecule has 8 nitrogen and oxygen atoms in total. The highest BCUT2D eigenvalue weighted by molar-refractivity contribution is 6.00. The number of aromatic nitrogens is 2. The smallest absolute Gasteiger partial charge is 0.273 e. The molecule has 1 amide bonds. The van der Waals surface area contributed by atoms with Crippen molar-refractivity contribution < 1.29 is 23.7 Å². The van der Waals surface area contributed by atoms with Gasteiger partial charge in [-0.3, -0.25) is 9.89 Å². The molecule has 2 aliphatic heterocycles. The molecule has 8 heteroatoms. The Balaban J connectivity index is 1.46. The molecule has 0 fully saturated rings. The second-order valence-electron chi connectivity index (χ2n) is 9.09. The number of aryl methyl sites for hydroxylation is 1. The van der Waals surface area contributed by atoms with Gasteiger partial charge in [-0.2, -0.15) is 5.10 Å². The molecule has 2 aliphatic rings. The third kappa shape index (κ3) is 3.94. The average molecular weight is 498 g/mol. The molecule has 1 unspecified atom stereocenters. The minimum absolute atomic E-state index is 0.114. The van der Waals surface area contributed by atoms with Gasteiger partial charge in [0.2, 0.25) is 6.79 Å². The lowest BCUT2D eigenvalue weighted by molar-refractivity contribution is 0.0729. The Morgan fingerprint density at radius 2 is 1.84 bits per heavy atom. The van der Waals surface area contributed by atoms with E-state index in [2.05, 4.69) is 10.2 Å². The number of hydrogen-bond acceptors (Lipinski definition) is 6. The average Bonchev–Trinajstić information content (AvgIpc) is 3.62. The number of rotatable bonds is 7. The fourth-order valence-corrected chi connectivity index (χ4v) is 5.00. The van der Waals surface area contributed by atoms with Gasteiger partial charge in [0, 0.05) is 17.7 Å². The molecule has 1 N–H and O–H groups in total.